The maximum Gasteiger partial charge on any atom is 0.137 e. The first-order valence-corrected chi connectivity index (χ1v) is 6.04. The monoisotopic (exact) mass is 232 g/mol. The Morgan fingerprint density at radius 3 is 2.94 bits per heavy atom. The zero-order valence-electron chi connectivity index (χ0n) is 9.62. The molecule has 17 heavy (non-hydrogen) atoms. The fourth-order valence-electron chi connectivity index (χ4n) is 2.37. The standard InChI is InChI=1S/C13H16N2O2/c16-13(10-4-7-17-8-5-10)11-9-15-6-2-1-3-12(15)14-11/h1-3,6,9-10,13,16H,4-5,7-8H2. The summed E-state index contributed by atoms with van der Waals surface area (Å²) in [5.41, 5.74) is 1.65. The van der Waals surface area contributed by atoms with Crippen LogP contribution in [-0.2, 0) is 4.74 Å². The van der Waals surface area contributed by atoms with Crippen molar-refractivity contribution in [3.05, 3.63) is 36.3 Å². The van der Waals surface area contributed by atoms with Gasteiger partial charge in [-0.15, -0.1) is 0 Å². The number of pyridine rings is 1. The van der Waals surface area contributed by atoms with Crippen LogP contribution in [0.2, 0.25) is 0 Å². The van der Waals surface area contributed by atoms with Crippen molar-refractivity contribution in [3.8, 4) is 0 Å². The lowest BCUT2D eigenvalue weighted by Gasteiger charge is -2.25. The number of aliphatic hydroxyl groups excluding tert-OH is 1. The van der Waals surface area contributed by atoms with E-state index in [-0.39, 0.29) is 5.92 Å². The Balaban J connectivity index is 1.86. The van der Waals surface area contributed by atoms with E-state index < -0.39 is 6.10 Å². The maximum absolute atomic E-state index is 10.3. The van der Waals surface area contributed by atoms with Crippen LogP contribution in [0.15, 0.2) is 30.6 Å². The van der Waals surface area contributed by atoms with Crippen molar-refractivity contribution in [2.75, 3.05) is 13.2 Å². The fraction of sp³-hybridized carbons (Fsp3) is 0.462. The predicted molar refractivity (Wildman–Crippen MR) is 63.7 cm³/mol. The molecule has 1 unspecified atom stereocenters. The summed E-state index contributed by atoms with van der Waals surface area (Å²) in [5, 5.41) is 10.3. The highest BCUT2D eigenvalue weighted by molar-refractivity contribution is 5.39. The van der Waals surface area contributed by atoms with E-state index in [1.165, 1.54) is 0 Å². The molecule has 1 atom stereocenters. The van der Waals surface area contributed by atoms with E-state index in [1.807, 2.05) is 35.0 Å². The van der Waals surface area contributed by atoms with Crippen LogP contribution in [0.4, 0.5) is 0 Å². The molecule has 0 aromatic carbocycles. The quantitative estimate of drug-likeness (QED) is 0.858. The average molecular weight is 232 g/mol. The first-order chi connectivity index (χ1) is 8.34. The van der Waals surface area contributed by atoms with E-state index in [0.717, 1.165) is 37.4 Å². The Labute approximate surface area is 99.9 Å². The van der Waals surface area contributed by atoms with Crippen LogP contribution in [0.3, 0.4) is 0 Å². The Hall–Kier alpha value is -1.39. The Kier molecular flexibility index (Phi) is 2.82. The summed E-state index contributed by atoms with van der Waals surface area (Å²) in [6.45, 7) is 1.49. The van der Waals surface area contributed by atoms with Gasteiger partial charge in [-0.3, -0.25) is 0 Å². The molecule has 2 aromatic rings. The van der Waals surface area contributed by atoms with E-state index in [0.29, 0.717) is 0 Å². The molecule has 0 aliphatic carbocycles. The summed E-state index contributed by atoms with van der Waals surface area (Å²) < 4.78 is 7.25. The molecule has 0 bridgehead atoms. The summed E-state index contributed by atoms with van der Waals surface area (Å²) in [5.74, 6) is 0.272. The molecule has 0 radical (unpaired) electrons. The second kappa shape index (κ2) is 4.47. The third kappa shape index (κ3) is 2.06. The predicted octanol–water partition coefficient (Wildman–Crippen LogP) is 1.79. The van der Waals surface area contributed by atoms with Crippen molar-refractivity contribution >= 4 is 5.65 Å². The van der Waals surface area contributed by atoms with Gasteiger partial charge in [0.15, 0.2) is 0 Å². The average Bonchev–Trinajstić information content (AvgIpc) is 2.82. The van der Waals surface area contributed by atoms with Gasteiger partial charge in [0.05, 0.1) is 5.69 Å². The first kappa shape index (κ1) is 10.7. The molecule has 4 nitrogen and oxygen atoms in total. The highest BCUT2D eigenvalue weighted by Crippen LogP contribution is 2.29. The molecular formula is C13H16N2O2. The molecule has 0 spiro atoms. The fourth-order valence-corrected chi connectivity index (χ4v) is 2.37. The zero-order valence-corrected chi connectivity index (χ0v) is 9.62. The minimum atomic E-state index is -0.473. The Bertz CT molecular complexity index is 470. The lowest BCUT2D eigenvalue weighted by atomic mass is 9.92. The van der Waals surface area contributed by atoms with Gasteiger partial charge in [-0.1, -0.05) is 6.07 Å². The van der Waals surface area contributed by atoms with Crippen molar-refractivity contribution in [2.24, 2.45) is 5.92 Å². The second-order valence-corrected chi connectivity index (χ2v) is 4.53. The number of nitrogens with zero attached hydrogens (tertiary/aromatic N) is 2. The maximum atomic E-state index is 10.3. The summed E-state index contributed by atoms with van der Waals surface area (Å²) in [4.78, 5) is 4.46. The van der Waals surface area contributed by atoms with Gasteiger partial charge < -0.3 is 14.2 Å². The van der Waals surface area contributed by atoms with Crippen LogP contribution in [0.25, 0.3) is 5.65 Å². The molecule has 1 N–H and O–H groups in total. The number of hydrogen-bond acceptors (Lipinski definition) is 3. The molecule has 4 heteroatoms. The van der Waals surface area contributed by atoms with E-state index in [4.69, 9.17) is 4.74 Å². The van der Waals surface area contributed by atoms with Crippen LogP contribution in [-0.4, -0.2) is 27.7 Å². The van der Waals surface area contributed by atoms with Crippen molar-refractivity contribution < 1.29 is 9.84 Å². The molecule has 3 heterocycles. The van der Waals surface area contributed by atoms with Gasteiger partial charge in [0.1, 0.15) is 11.8 Å². The molecule has 1 aliphatic heterocycles. The van der Waals surface area contributed by atoms with Crippen LogP contribution in [0.1, 0.15) is 24.6 Å². The molecule has 3 rings (SSSR count). The van der Waals surface area contributed by atoms with Gasteiger partial charge >= 0.3 is 0 Å². The van der Waals surface area contributed by atoms with Crippen molar-refractivity contribution in [1.29, 1.82) is 0 Å². The lowest BCUT2D eigenvalue weighted by molar-refractivity contribution is 0.00576. The third-order valence-electron chi connectivity index (χ3n) is 3.40. The molecular weight excluding hydrogens is 216 g/mol. The van der Waals surface area contributed by atoms with Crippen molar-refractivity contribution in [2.45, 2.75) is 18.9 Å². The number of ether oxygens (including phenoxy) is 1. The molecule has 1 fully saturated rings. The summed E-state index contributed by atoms with van der Waals surface area (Å²) in [6, 6.07) is 5.85. The summed E-state index contributed by atoms with van der Waals surface area (Å²) in [6.07, 6.45) is 5.21. The van der Waals surface area contributed by atoms with E-state index in [9.17, 15) is 5.11 Å². The Morgan fingerprint density at radius 1 is 1.35 bits per heavy atom. The number of fused-ring (bicyclic) bond motifs is 1. The number of aliphatic hydroxyl groups is 1. The van der Waals surface area contributed by atoms with Crippen LogP contribution in [0, 0.1) is 5.92 Å². The Morgan fingerprint density at radius 2 is 2.18 bits per heavy atom. The highest BCUT2D eigenvalue weighted by atomic mass is 16.5. The normalized spacial score (nSPS) is 19.6. The summed E-state index contributed by atoms with van der Waals surface area (Å²) in [7, 11) is 0. The van der Waals surface area contributed by atoms with Crippen LogP contribution < -0.4 is 0 Å². The first-order valence-electron chi connectivity index (χ1n) is 6.04. The minimum Gasteiger partial charge on any atom is -0.386 e. The van der Waals surface area contributed by atoms with E-state index in [1.54, 1.807) is 0 Å². The number of hydrogen-bond donors (Lipinski definition) is 1. The number of imidazole rings is 1. The molecule has 90 valence electrons. The molecule has 0 saturated carbocycles. The number of rotatable bonds is 2. The van der Waals surface area contributed by atoms with Gasteiger partial charge in [0.25, 0.3) is 0 Å². The van der Waals surface area contributed by atoms with Crippen LogP contribution in [0.5, 0.6) is 0 Å². The lowest BCUT2D eigenvalue weighted by Crippen LogP contribution is -2.22. The van der Waals surface area contributed by atoms with Gasteiger partial charge in [-0.25, -0.2) is 4.98 Å². The van der Waals surface area contributed by atoms with Gasteiger partial charge in [0.2, 0.25) is 0 Å². The second-order valence-electron chi connectivity index (χ2n) is 4.53. The van der Waals surface area contributed by atoms with Gasteiger partial charge in [-0.05, 0) is 30.9 Å². The van der Waals surface area contributed by atoms with Crippen LogP contribution >= 0.6 is 0 Å². The van der Waals surface area contributed by atoms with Gasteiger partial charge in [-0.2, -0.15) is 0 Å². The molecule has 0 amide bonds. The smallest absolute Gasteiger partial charge is 0.137 e. The van der Waals surface area contributed by atoms with E-state index >= 15 is 0 Å². The topological polar surface area (TPSA) is 46.8 Å². The third-order valence-corrected chi connectivity index (χ3v) is 3.40. The number of aromatic nitrogens is 2. The highest BCUT2D eigenvalue weighted by Gasteiger charge is 2.25. The SMILES string of the molecule is OC(c1cn2ccccc2n1)C1CCOCC1. The van der Waals surface area contributed by atoms with Crippen molar-refractivity contribution in [1.82, 2.24) is 9.38 Å². The molecule has 1 saturated heterocycles. The van der Waals surface area contributed by atoms with E-state index in [2.05, 4.69) is 4.98 Å². The molecule has 1 aliphatic rings. The largest absolute Gasteiger partial charge is 0.386 e. The zero-order chi connectivity index (χ0) is 11.7. The van der Waals surface area contributed by atoms with Gasteiger partial charge in [0, 0.05) is 25.6 Å². The molecule has 2 aromatic heterocycles. The minimum absolute atomic E-state index is 0.272. The summed E-state index contributed by atoms with van der Waals surface area (Å²) >= 11 is 0. The van der Waals surface area contributed by atoms with Crippen molar-refractivity contribution in [3.63, 3.8) is 0 Å².